The SMILES string of the molecule is CS(=O)(=O)N1CCN(Cc2cccc(C(=O)Nc3ccc(F)c(F)c3)c2)CC1. The minimum atomic E-state index is -3.17. The number of rotatable bonds is 5. The lowest BCUT2D eigenvalue weighted by molar-refractivity contribution is 0.102. The fraction of sp³-hybridized carbons (Fsp3) is 0.316. The summed E-state index contributed by atoms with van der Waals surface area (Å²) in [4.78, 5) is 14.5. The summed E-state index contributed by atoms with van der Waals surface area (Å²) in [5.74, 6) is -2.43. The van der Waals surface area contributed by atoms with Gasteiger partial charge in [0.2, 0.25) is 10.0 Å². The normalized spacial score (nSPS) is 16.1. The highest BCUT2D eigenvalue weighted by Gasteiger charge is 2.23. The summed E-state index contributed by atoms with van der Waals surface area (Å²) in [6.45, 7) is 2.69. The predicted molar refractivity (Wildman–Crippen MR) is 102 cm³/mol. The Labute approximate surface area is 162 Å². The number of anilines is 1. The molecule has 0 saturated carbocycles. The minimum Gasteiger partial charge on any atom is -0.322 e. The summed E-state index contributed by atoms with van der Waals surface area (Å²) in [6.07, 6.45) is 1.21. The van der Waals surface area contributed by atoms with Crippen LogP contribution in [-0.4, -0.2) is 56.0 Å². The molecule has 0 atom stereocenters. The number of nitrogens with one attached hydrogen (secondary N) is 1. The average molecular weight is 409 g/mol. The number of hydrogen-bond donors (Lipinski definition) is 1. The van der Waals surface area contributed by atoms with Gasteiger partial charge in [-0.2, -0.15) is 4.31 Å². The Kier molecular flexibility index (Phi) is 6.07. The van der Waals surface area contributed by atoms with E-state index in [9.17, 15) is 22.0 Å². The summed E-state index contributed by atoms with van der Waals surface area (Å²) in [7, 11) is -3.17. The second kappa shape index (κ2) is 8.34. The van der Waals surface area contributed by atoms with Gasteiger partial charge in [0, 0.05) is 50.0 Å². The van der Waals surface area contributed by atoms with E-state index in [1.165, 1.54) is 16.6 Å². The van der Waals surface area contributed by atoms with Crippen molar-refractivity contribution in [1.29, 1.82) is 0 Å². The zero-order chi connectivity index (χ0) is 20.3. The Morgan fingerprint density at radius 3 is 2.39 bits per heavy atom. The van der Waals surface area contributed by atoms with Gasteiger partial charge in [-0.1, -0.05) is 12.1 Å². The standard InChI is InChI=1S/C19H21F2N3O3S/c1-28(26,27)24-9-7-23(8-10-24)13-14-3-2-4-15(11-14)19(25)22-16-5-6-17(20)18(21)12-16/h2-6,11-12H,7-10,13H2,1H3,(H,22,25). The smallest absolute Gasteiger partial charge is 0.255 e. The van der Waals surface area contributed by atoms with Crippen molar-refractivity contribution >= 4 is 21.6 Å². The van der Waals surface area contributed by atoms with Crippen LogP contribution >= 0.6 is 0 Å². The van der Waals surface area contributed by atoms with Gasteiger partial charge < -0.3 is 5.32 Å². The van der Waals surface area contributed by atoms with Crippen molar-refractivity contribution in [3.63, 3.8) is 0 Å². The van der Waals surface area contributed by atoms with Crippen LogP contribution in [0.1, 0.15) is 15.9 Å². The number of carbonyl (C=O) groups is 1. The molecule has 2 aromatic carbocycles. The molecule has 0 bridgehead atoms. The molecule has 6 nitrogen and oxygen atoms in total. The lowest BCUT2D eigenvalue weighted by atomic mass is 10.1. The van der Waals surface area contributed by atoms with Gasteiger partial charge in [-0.25, -0.2) is 17.2 Å². The molecule has 3 rings (SSSR count). The summed E-state index contributed by atoms with van der Waals surface area (Å²) >= 11 is 0. The van der Waals surface area contributed by atoms with Crippen molar-refractivity contribution in [3.05, 3.63) is 65.2 Å². The van der Waals surface area contributed by atoms with Gasteiger partial charge in [-0.15, -0.1) is 0 Å². The van der Waals surface area contributed by atoms with Gasteiger partial charge in [-0.05, 0) is 29.8 Å². The third kappa shape index (κ3) is 5.12. The fourth-order valence-electron chi connectivity index (χ4n) is 3.07. The van der Waals surface area contributed by atoms with Crippen LogP contribution in [0.25, 0.3) is 0 Å². The van der Waals surface area contributed by atoms with Crippen molar-refractivity contribution < 1.29 is 22.0 Å². The highest BCUT2D eigenvalue weighted by atomic mass is 32.2. The Morgan fingerprint density at radius 1 is 1.04 bits per heavy atom. The molecule has 0 spiro atoms. The number of benzene rings is 2. The Morgan fingerprint density at radius 2 is 1.75 bits per heavy atom. The Balaban J connectivity index is 1.62. The highest BCUT2D eigenvalue weighted by Crippen LogP contribution is 2.16. The van der Waals surface area contributed by atoms with Gasteiger partial charge >= 0.3 is 0 Å². The van der Waals surface area contributed by atoms with Crippen molar-refractivity contribution in [1.82, 2.24) is 9.21 Å². The zero-order valence-corrected chi connectivity index (χ0v) is 16.2. The number of halogens is 2. The molecule has 0 radical (unpaired) electrons. The Bertz CT molecular complexity index is 974. The molecule has 0 aliphatic carbocycles. The topological polar surface area (TPSA) is 69.7 Å². The first kappa shape index (κ1) is 20.4. The molecule has 28 heavy (non-hydrogen) atoms. The predicted octanol–water partition coefficient (Wildman–Crippen LogP) is 2.29. The van der Waals surface area contributed by atoms with Crippen molar-refractivity contribution in [2.24, 2.45) is 0 Å². The fourth-order valence-corrected chi connectivity index (χ4v) is 3.89. The second-order valence-electron chi connectivity index (χ2n) is 6.72. The first-order chi connectivity index (χ1) is 13.2. The lowest BCUT2D eigenvalue weighted by Gasteiger charge is -2.33. The number of piperazine rings is 1. The third-order valence-electron chi connectivity index (χ3n) is 4.57. The van der Waals surface area contributed by atoms with E-state index in [2.05, 4.69) is 10.2 Å². The molecule has 1 aliphatic heterocycles. The maximum absolute atomic E-state index is 13.3. The first-order valence-electron chi connectivity index (χ1n) is 8.75. The summed E-state index contributed by atoms with van der Waals surface area (Å²) in [5, 5.41) is 2.55. The van der Waals surface area contributed by atoms with E-state index in [1.54, 1.807) is 18.2 Å². The van der Waals surface area contributed by atoms with E-state index in [-0.39, 0.29) is 5.69 Å². The molecule has 1 N–H and O–H groups in total. The molecule has 1 amide bonds. The van der Waals surface area contributed by atoms with E-state index in [0.717, 1.165) is 17.7 Å². The van der Waals surface area contributed by atoms with Crippen LogP contribution in [-0.2, 0) is 16.6 Å². The van der Waals surface area contributed by atoms with Gasteiger partial charge in [-0.3, -0.25) is 9.69 Å². The van der Waals surface area contributed by atoms with Crippen LogP contribution in [0.5, 0.6) is 0 Å². The van der Waals surface area contributed by atoms with E-state index in [0.29, 0.717) is 38.3 Å². The highest BCUT2D eigenvalue weighted by molar-refractivity contribution is 7.88. The number of carbonyl (C=O) groups excluding carboxylic acids is 1. The third-order valence-corrected chi connectivity index (χ3v) is 5.88. The maximum Gasteiger partial charge on any atom is 0.255 e. The van der Waals surface area contributed by atoms with Gasteiger partial charge in [0.1, 0.15) is 0 Å². The van der Waals surface area contributed by atoms with E-state index in [1.807, 2.05) is 6.07 Å². The maximum atomic E-state index is 13.3. The average Bonchev–Trinajstić information content (AvgIpc) is 2.65. The van der Waals surface area contributed by atoms with Crippen LogP contribution in [0.15, 0.2) is 42.5 Å². The van der Waals surface area contributed by atoms with Crippen LogP contribution in [0.3, 0.4) is 0 Å². The number of sulfonamides is 1. The largest absolute Gasteiger partial charge is 0.322 e. The van der Waals surface area contributed by atoms with Crippen molar-refractivity contribution in [2.75, 3.05) is 37.8 Å². The second-order valence-corrected chi connectivity index (χ2v) is 8.70. The van der Waals surface area contributed by atoms with E-state index in [4.69, 9.17) is 0 Å². The van der Waals surface area contributed by atoms with Crippen LogP contribution < -0.4 is 5.32 Å². The van der Waals surface area contributed by atoms with Crippen molar-refractivity contribution in [3.8, 4) is 0 Å². The van der Waals surface area contributed by atoms with Crippen LogP contribution in [0, 0.1) is 11.6 Å². The van der Waals surface area contributed by atoms with Gasteiger partial charge in [0.15, 0.2) is 11.6 Å². The molecule has 1 heterocycles. The number of nitrogens with zero attached hydrogens (tertiary/aromatic N) is 2. The molecule has 9 heteroatoms. The molecule has 1 saturated heterocycles. The first-order valence-corrected chi connectivity index (χ1v) is 10.6. The van der Waals surface area contributed by atoms with Crippen molar-refractivity contribution in [2.45, 2.75) is 6.54 Å². The molecule has 150 valence electrons. The van der Waals surface area contributed by atoms with Crippen LogP contribution in [0.2, 0.25) is 0 Å². The van der Waals surface area contributed by atoms with Gasteiger partial charge in [0.05, 0.1) is 6.26 Å². The molecule has 1 aliphatic rings. The lowest BCUT2D eigenvalue weighted by Crippen LogP contribution is -2.47. The zero-order valence-electron chi connectivity index (χ0n) is 15.4. The monoisotopic (exact) mass is 409 g/mol. The molecule has 2 aromatic rings. The van der Waals surface area contributed by atoms with Crippen LogP contribution in [0.4, 0.5) is 14.5 Å². The summed E-state index contributed by atoms with van der Waals surface area (Å²) < 4.78 is 50.9. The van der Waals surface area contributed by atoms with E-state index >= 15 is 0 Å². The molecular formula is C19H21F2N3O3S. The van der Waals surface area contributed by atoms with Gasteiger partial charge in [0.25, 0.3) is 5.91 Å². The quantitative estimate of drug-likeness (QED) is 0.823. The van der Waals surface area contributed by atoms with E-state index < -0.39 is 27.6 Å². The molecule has 0 unspecified atom stereocenters. The summed E-state index contributed by atoms with van der Waals surface area (Å²) in [5.41, 5.74) is 1.48. The Hall–Kier alpha value is -2.36. The number of amides is 1. The minimum absolute atomic E-state index is 0.172. The molecule has 1 fully saturated rings. The molecular weight excluding hydrogens is 388 g/mol. The summed E-state index contributed by atoms with van der Waals surface area (Å²) in [6, 6.07) is 10.2. The molecule has 0 aromatic heterocycles. The number of hydrogen-bond acceptors (Lipinski definition) is 4.